The van der Waals surface area contributed by atoms with Crippen LogP contribution in [0.25, 0.3) is 17.1 Å². The number of imidazole rings is 1. The Bertz CT molecular complexity index is 1300. The van der Waals surface area contributed by atoms with Crippen LogP contribution in [0, 0.1) is 0 Å². The SMILES string of the molecule is CCCCc1nc(N(Cc2ccccc2)Cc2ccccc2)c2nc(-n3nccn3)n(C)c2n1. The summed E-state index contributed by atoms with van der Waals surface area (Å²) in [5.41, 5.74) is 3.96. The van der Waals surface area contributed by atoms with Gasteiger partial charge in [-0.15, -0.1) is 4.80 Å². The van der Waals surface area contributed by atoms with Crippen molar-refractivity contribution in [2.45, 2.75) is 39.3 Å². The summed E-state index contributed by atoms with van der Waals surface area (Å²) in [4.78, 5) is 18.7. The Morgan fingerprint density at radius 2 is 1.41 bits per heavy atom. The molecule has 0 fully saturated rings. The Labute approximate surface area is 198 Å². The highest BCUT2D eigenvalue weighted by atomic mass is 15.5. The molecule has 0 aliphatic heterocycles. The lowest BCUT2D eigenvalue weighted by atomic mass is 10.1. The normalized spacial score (nSPS) is 11.2. The van der Waals surface area contributed by atoms with Crippen LogP contribution in [0.3, 0.4) is 0 Å². The number of benzene rings is 2. The van der Waals surface area contributed by atoms with Crippen molar-refractivity contribution in [2.75, 3.05) is 4.90 Å². The minimum absolute atomic E-state index is 0.613. The van der Waals surface area contributed by atoms with E-state index < -0.39 is 0 Å². The van der Waals surface area contributed by atoms with Crippen molar-refractivity contribution in [3.05, 3.63) is 90.0 Å². The number of rotatable bonds is 9. The van der Waals surface area contributed by atoms with Gasteiger partial charge in [0.2, 0.25) is 0 Å². The van der Waals surface area contributed by atoms with Crippen molar-refractivity contribution in [2.24, 2.45) is 7.05 Å². The van der Waals surface area contributed by atoms with E-state index in [2.05, 4.69) is 70.6 Å². The average Bonchev–Trinajstić information content (AvgIpc) is 3.52. The van der Waals surface area contributed by atoms with Gasteiger partial charge in [0.15, 0.2) is 17.0 Å². The molecular formula is C26H28N8. The van der Waals surface area contributed by atoms with E-state index in [9.17, 15) is 0 Å². The van der Waals surface area contributed by atoms with Gasteiger partial charge in [-0.3, -0.25) is 4.57 Å². The Morgan fingerprint density at radius 1 is 0.794 bits per heavy atom. The quantitative estimate of drug-likeness (QED) is 0.328. The number of aromatic nitrogens is 7. The van der Waals surface area contributed by atoms with Crippen LogP contribution in [0.15, 0.2) is 73.1 Å². The lowest BCUT2D eigenvalue weighted by Crippen LogP contribution is -2.24. The third kappa shape index (κ3) is 4.52. The topological polar surface area (TPSA) is 77.5 Å². The molecule has 0 amide bonds. The maximum absolute atomic E-state index is 5.06. The van der Waals surface area contributed by atoms with Gasteiger partial charge in [-0.1, -0.05) is 74.0 Å². The van der Waals surface area contributed by atoms with Gasteiger partial charge in [-0.2, -0.15) is 10.2 Å². The van der Waals surface area contributed by atoms with Crippen LogP contribution >= 0.6 is 0 Å². The van der Waals surface area contributed by atoms with Crippen molar-refractivity contribution < 1.29 is 0 Å². The fourth-order valence-electron chi connectivity index (χ4n) is 4.06. The molecule has 2 aromatic carbocycles. The average molecular weight is 453 g/mol. The smallest absolute Gasteiger partial charge is 0.251 e. The standard InChI is InChI=1S/C26H28N8/c1-3-4-15-22-29-24-23(31-26(32(24)2)34-27-16-17-28-34)25(30-22)33(18-20-11-7-5-8-12-20)19-21-13-9-6-10-14-21/h5-14,16-17H,3-4,15,18-19H2,1-2H3. The van der Waals surface area contributed by atoms with Crippen LogP contribution in [-0.4, -0.2) is 34.5 Å². The Balaban J connectivity index is 1.66. The van der Waals surface area contributed by atoms with E-state index in [0.29, 0.717) is 19.0 Å². The first kappa shape index (κ1) is 21.8. The highest BCUT2D eigenvalue weighted by Crippen LogP contribution is 2.28. The van der Waals surface area contributed by atoms with Crippen LogP contribution in [0.4, 0.5) is 5.82 Å². The van der Waals surface area contributed by atoms with E-state index in [-0.39, 0.29) is 0 Å². The third-order valence-electron chi connectivity index (χ3n) is 5.81. The number of hydrogen-bond donors (Lipinski definition) is 0. The van der Waals surface area contributed by atoms with Crippen LogP contribution in [0.2, 0.25) is 0 Å². The molecule has 0 aliphatic rings. The predicted octanol–water partition coefficient (Wildman–Crippen LogP) is 4.49. The first-order valence-electron chi connectivity index (χ1n) is 11.7. The zero-order chi connectivity index (χ0) is 23.3. The fraction of sp³-hybridized carbons (Fsp3) is 0.269. The highest BCUT2D eigenvalue weighted by molar-refractivity contribution is 5.85. The molecular weight excluding hydrogens is 424 g/mol. The molecule has 3 heterocycles. The van der Waals surface area contributed by atoms with Crippen LogP contribution in [-0.2, 0) is 26.6 Å². The lowest BCUT2D eigenvalue weighted by Gasteiger charge is -2.25. The summed E-state index contributed by atoms with van der Waals surface area (Å²) >= 11 is 0. The summed E-state index contributed by atoms with van der Waals surface area (Å²) in [6.07, 6.45) is 6.24. The van der Waals surface area contributed by atoms with Crippen LogP contribution in [0.5, 0.6) is 0 Å². The second kappa shape index (κ2) is 9.82. The molecule has 0 unspecified atom stereocenters. The van der Waals surface area contributed by atoms with Gasteiger partial charge >= 0.3 is 0 Å². The van der Waals surface area contributed by atoms with Crippen molar-refractivity contribution in [1.29, 1.82) is 0 Å². The van der Waals surface area contributed by atoms with Crippen molar-refractivity contribution >= 4 is 17.0 Å². The molecule has 0 radical (unpaired) electrons. The van der Waals surface area contributed by atoms with Crippen molar-refractivity contribution in [3.63, 3.8) is 0 Å². The van der Waals surface area contributed by atoms with E-state index >= 15 is 0 Å². The largest absolute Gasteiger partial charge is 0.346 e. The van der Waals surface area contributed by atoms with Gasteiger partial charge < -0.3 is 4.90 Å². The molecule has 0 bridgehead atoms. The minimum atomic E-state index is 0.613. The number of anilines is 1. The minimum Gasteiger partial charge on any atom is -0.346 e. The van der Waals surface area contributed by atoms with E-state index in [1.165, 1.54) is 15.9 Å². The molecule has 0 N–H and O–H groups in total. The molecule has 0 atom stereocenters. The fourth-order valence-corrected chi connectivity index (χ4v) is 4.06. The summed E-state index contributed by atoms with van der Waals surface area (Å²) in [5, 5.41) is 8.57. The van der Waals surface area contributed by atoms with Gasteiger partial charge in [0.25, 0.3) is 5.95 Å². The number of fused-ring (bicyclic) bond motifs is 1. The summed E-state index contributed by atoms with van der Waals surface area (Å²) < 4.78 is 1.94. The molecule has 0 saturated heterocycles. The predicted molar refractivity (Wildman–Crippen MR) is 133 cm³/mol. The maximum Gasteiger partial charge on any atom is 0.251 e. The number of nitrogens with zero attached hydrogens (tertiary/aromatic N) is 8. The maximum atomic E-state index is 5.06. The zero-order valence-corrected chi connectivity index (χ0v) is 19.5. The van der Waals surface area contributed by atoms with Gasteiger partial charge in [0.1, 0.15) is 5.82 Å². The van der Waals surface area contributed by atoms with Gasteiger partial charge in [-0.25, -0.2) is 15.0 Å². The van der Waals surface area contributed by atoms with Crippen LogP contribution in [0.1, 0.15) is 36.7 Å². The van der Waals surface area contributed by atoms with Gasteiger partial charge in [-0.05, 0) is 17.5 Å². The number of aryl methyl sites for hydroxylation is 2. The summed E-state index contributed by atoms with van der Waals surface area (Å²) in [5.74, 6) is 2.28. The molecule has 0 spiro atoms. The molecule has 0 saturated carbocycles. The summed E-state index contributed by atoms with van der Waals surface area (Å²) in [6.45, 7) is 3.60. The Hall–Kier alpha value is -4.07. The lowest BCUT2D eigenvalue weighted by molar-refractivity contribution is 0.673. The zero-order valence-electron chi connectivity index (χ0n) is 19.5. The molecule has 5 rings (SSSR count). The molecule has 3 aromatic heterocycles. The highest BCUT2D eigenvalue weighted by Gasteiger charge is 2.22. The second-order valence-electron chi connectivity index (χ2n) is 8.36. The molecule has 0 aliphatic carbocycles. The van der Waals surface area contributed by atoms with E-state index in [4.69, 9.17) is 15.0 Å². The third-order valence-corrected chi connectivity index (χ3v) is 5.81. The Morgan fingerprint density at radius 3 is 2.00 bits per heavy atom. The van der Waals surface area contributed by atoms with Crippen LogP contribution < -0.4 is 4.90 Å². The molecule has 34 heavy (non-hydrogen) atoms. The van der Waals surface area contributed by atoms with Crippen molar-refractivity contribution in [3.8, 4) is 5.95 Å². The van der Waals surface area contributed by atoms with E-state index in [1.54, 1.807) is 12.4 Å². The monoisotopic (exact) mass is 452 g/mol. The first-order valence-corrected chi connectivity index (χ1v) is 11.7. The molecule has 5 aromatic rings. The van der Waals surface area contributed by atoms with Gasteiger partial charge in [0.05, 0.1) is 12.4 Å². The molecule has 8 heteroatoms. The summed E-state index contributed by atoms with van der Waals surface area (Å²) in [6, 6.07) is 20.9. The van der Waals surface area contributed by atoms with Gasteiger partial charge in [0, 0.05) is 26.6 Å². The number of unbranched alkanes of at least 4 members (excludes halogenated alkanes) is 1. The van der Waals surface area contributed by atoms with E-state index in [1.807, 2.05) is 23.7 Å². The van der Waals surface area contributed by atoms with E-state index in [0.717, 1.165) is 42.1 Å². The van der Waals surface area contributed by atoms with Crippen molar-refractivity contribution in [1.82, 2.24) is 34.5 Å². The first-order chi connectivity index (χ1) is 16.7. The molecule has 8 nitrogen and oxygen atoms in total. The second-order valence-corrected chi connectivity index (χ2v) is 8.36. The Kier molecular flexibility index (Phi) is 6.29. The molecule has 172 valence electrons. The number of hydrogen-bond acceptors (Lipinski definition) is 6. The summed E-state index contributed by atoms with van der Waals surface area (Å²) in [7, 11) is 1.95.